The van der Waals surface area contributed by atoms with E-state index in [9.17, 15) is 4.79 Å². The summed E-state index contributed by atoms with van der Waals surface area (Å²) in [6.45, 7) is 1.90. The number of amides is 1. The van der Waals surface area contributed by atoms with E-state index in [2.05, 4.69) is 29.4 Å². The van der Waals surface area contributed by atoms with E-state index in [1.165, 1.54) is 11.1 Å². The molecular weight excluding hydrogens is 262 g/mol. The second kappa shape index (κ2) is 5.72. The normalized spacial score (nSPS) is 18.9. The first-order valence-electron chi connectivity index (χ1n) is 7.52. The van der Waals surface area contributed by atoms with E-state index >= 15 is 0 Å². The molecule has 0 radical (unpaired) electrons. The minimum atomic E-state index is -0.265. The largest absolute Gasteiger partial charge is 0.337 e. The third-order valence-corrected chi connectivity index (χ3v) is 4.43. The fourth-order valence-corrected chi connectivity index (χ4v) is 3.20. The SMILES string of the molecule is CC(C(=O)N(C)C1CCCc2ccccc21)n1cccn1. The van der Waals surface area contributed by atoms with Crippen LogP contribution in [0, 0.1) is 0 Å². The minimum Gasteiger partial charge on any atom is -0.337 e. The Hall–Kier alpha value is -2.10. The maximum absolute atomic E-state index is 12.7. The second-order valence-corrected chi connectivity index (χ2v) is 5.72. The van der Waals surface area contributed by atoms with Crippen LogP contribution in [-0.2, 0) is 11.2 Å². The Morgan fingerprint density at radius 3 is 2.95 bits per heavy atom. The first-order valence-corrected chi connectivity index (χ1v) is 7.52. The highest BCUT2D eigenvalue weighted by Crippen LogP contribution is 2.34. The van der Waals surface area contributed by atoms with Crippen LogP contribution in [0.15, 0.2) is 42.7 Å². The molecule has 0 N–H and O–H groups in total. The summed E-state index contributed by atoms with van der Waals surface area (Å²) < 4.78 is 1.72. The molecule has 0 spiro atoms. The zero-order valence-corrected chi connectivity index (χ0v) is 12.6. The maximum atomic E-state index is 12.7. The standard InChI is InChI=1S/C17H21N3O/c1-13(20-12-6-11-18-20)17(21)19(2)16-10-5-8-14-7-3-4-9-15(14)16/h3-4,6-7,9,11-13,16H,5,8,10H2,1-2H3. The lowest BCUT2D eigenvalue weighted by atomic mass is 9.87. The molecule has 1 amide bonds. The van der Waals surface area contributed by atoms with Crippen molar-refractivity contribution in [2.75, 3.05) is 7.05 Å². The van der Waals surface area contributed by atoms with Crippen LogP contribution in [0.1, 0.15) is 43.0 Å². The van der Waals surface area contributed by atoms with Crippen molar-refractivity contribution < 1.29 is 4.79 Å². The van der Waals surface area contributed by atoms with Gasteiger partial charge >= 0.3 is 0 Å². The Kier molecular flexibility index (Phi) is 3.78. The lowest BCUT2D eigenvalue weighted by molar-refractivity contribution is -0.135. The number of hydrogen-bond donors (Lipinski definition) is 0. The molecule has 0 bridgehead atoms. The Morgan fingerprint density at radius 1 is 1.38 bits per heavy atom. The predicted octanol–water partition coefficient (Wildman–Crippen LogP) is 2.98. The minimum absolute atomic E-state index is 0.111. The van der Waals surface area contributed by atoms with Gasteiger partial charge in [0.1, 0.15) is 6.04 Å². The van der Waals surface area contributed by atoms with Gasteiger partial charge in [0.15, 0.2) is 0 Å². The van der Waals surface area contributed by atoms with Crippen LogP contribution in [0.25, 0.3) is 0 Å². The van der Waals surface area contributed by atoms with E-state index in [0.29, 0.717) is 0 Å². The smallest absolute Gasteiger partial charge is 0.247 e. The average molecular weight is 283 g/mol. The summed E-state index contributed by atoms with van der Waals surface area (Å²) in [4.78, 5) is 14.6. The van der Waals surface area contributed by atoms with Gasteiger partial charge in [-0.25, -0.2) is 0 Å². The van der Waals surface area contributed by atoms with Gasteiger partial charge in [0.2, 0.25) is 5.91 Å². The van der Waals surface area contributed by atoms with Crippen molar-refractivity contribution in [3.05, 3.63) is 53.9 Å². The summed E-state index contributed by atoms with van der Waals surface area (Å²) in [6, 6.07) is 10.2. The third-order valence-electron chi connectivity index (χ3n) is 4.43. The van der Waals surface area contributed by atoms with Crippen LogP contribution in [0.5, 0.6) is 0 Å². The van der Waals surface area contributed by atoms with E-state index in [1.807, 2.05) is 31.1 Å². The Labute approximate surface area is 125 Å². The van der Waals surface area contributed by atoms with Gasteiger partial charge in [0.05, 0.1) is 6.04 Å². The molecule has 1 heterocycles. The van der Waals surface area contributed by atoms with Crippen molar-refractivity contribution in [2.45, 2.75) is 38.3 Å². The number of hydrogen-bond acceptors (Lipinski definition) is 2. The average Bonchev–Trinajstić information content (AvgIpc) is 3.06. The van der Waals surface area contributed by atoms with E-state index in [-0.39, 0.29) is 18.0 Å². The van der Waals surface area contributed by atoms with Crippen LogP contribution in [0.4, 0.5) is 0 Å². The monoisotopic (exact) mass is 283 g/mol. The molecule has 1 aromatic carbocycles. The number of benzene rings is 1. The van der Waals surface area contributed by atoms with Gasteiger partial charge in [-0.1, -0.05) is 24.3 Å². The Morgan fingerprint density at radius 2 is 2.19 bits per heavy atom. The van der Waals surface area contributed by atoms with E-state index in [1.54, 1.807) is 10.9 Å². The van der Waals surface area contributed by atoms with Gasteiger partial charge in [-0.15, -0.1) is 0 Å². The van der Waals surface area contributed by atoms with Crippen LogP contribution < -0.4 is 0 Å². The number of aromatic nitrogens is 2. The summed E-state index contributed by atoms with van der Waals surface area (Å²) in [7, 11) is 1.91. The molecule has 0 fully saturated rings. The highest BCUT2D eigenvalue weighted by molar-refractivity contribution is 5.80. The van der Waals surface area contributed by atoms with Gasteiger partial charge < -0.3 is 4.90 Å². The second-order valence-electron chi connectivity index (χ2n) is 5.72. The van der Waals surface area contributed by atoms with Crippen molar-refractivity contribution in [1.29, 1.82) is 0 Å². The number of nitrogens with zero attached hydrogens (tertiary/aromatic N) is 3. The van der Waals surface area contributed by atoms with Gasteiger partial charge in [-0.05, 0) is 43.4 Å². The summed E-state index contributed by atoms with van der Waals surface area (Å²) in [5.74, 6) is 0.111. The third kappa shape index (κ3) is 2.58. The highest BCUT2D eigenvalue weighted by atomic mass is 16.2. The van der Waals surface area contributed by atoms with Gasteiger partial charge in [-0.2, -0.15) is 5.10 Å². The van der Waals surface area contributed by atoms with E-state index < -0.39 is 0 Å². The van der Waals surface area contributed by atoms with Crippen LogP contribution in [0.3, 0.4) is 0 Å². The molecule has 0 saturated carbocycles. The molecule has 4 heteroatoms. The fraction of sp³-hybridized carbons (Fsp3) is 0.412. The number of rotatable bonds is 3. The molecular formula is C17H21N3O. The predicted molar refractivity (Wildman–Crippen MR) is 81.8 cm³/mol. The van der Waals surface area contributed by atoms with Crippen molar-refractivity contribution in [1.82, 2.24) is 14.7 Å². The van der Waals surface area contributed by atoms with E-state index in [4.69, 9.17) is 0 Å². The number of fused-ring (bicyclic) bond motifs is 1. The van der Waals surface area contributed by atoms with Crippen LogP contribution in [-0.4, -0.2) is 27.6 Å². The maximum Gasteiger partial charge on any atom is 0.247 e. The van der Waals surface area contributed by atoms with Crippen molar-refractivity contribution in [3.8, 4) is 0 Å². The molecule has 2 atom stereocenters. The number of carbonyl (C=O) groups excluding carboxylic acids is 1. The van der Waals surface area contributed by atoms with Crippen LogP contribution in [0.2, 0.25) is 0 Å². The fourth-order valence-electron chi connectivity index (χ4n) is 3.20. The molecule has 0 saturated heterocycles. The van der Waals surface area contributed by atoms with Crippen molar-refractivity contribution in [2.24, 2.45) is 0 Å². The molecule has 4 nitrogen and oxygen atoms in total. The lowest BCUT2D eigenvalue weighted by Gasteiger charge is -2.34. The molecule has 110 valence electrons. The number of likely N-dealkylation sites (N-methyl/N-ethyl adjacent to an activating group) is 1. The summed E-state index contributed by atoms with van der Waals surface area (Å²) in [6.07, 6.45) is 6.83. The summed E-state index contributed by atoms with van der Waals surface area (Å²) in [5, 5.41) is 4.18. The quantitative estimate of drug-likeness (QED) is 0.868. The van der Waals surface area contributed by atoms with Gasteiger partial charge in [0.25, 0.3) is 0 Å². The zero-order chi connectivity index (χ0) is 14.8. The van der Waals surface area contributed by atoms with Crippen molar-refractivity contribution >= 4 is 5.91 Å². The number of carbonyl (C=O) groups is 1. The Bertz CT molecular complexity index is 621. The van der Waals surface area contributed by atoms with Gasteiger partial charge in [0, 0.05) is 19.4 Å². The first-order chi connectivity index (χ1) is 10.2. The van der Waals surface area contributed by atoms with Gasteiger partial charge in [-0.3, -0.25) is 9.48 Å². The van der Waals surface area contributed by atoms with Crippen LogP contribution >= 0.6 is 0 Å². The number of aryl methyl sites for hydroxylation is 1. The molecule has 0 aliphatic heterocycles. The lowest BCUT2D eigenvalue weighted by Crippen LogP contribution is -2.37. The van der Waals surface area contributed by atoms with E-state index in [0.717, 1.165) is 19.3 Å². The molecule has 2 unspecified atom stereocenters. The molecule has 1 aromatic heterocycles. The summed E-state index contributed by atoms with van der Waals surface area (Å²) >= 11 is 0. The van der Waals surface area contributed by atoms with Crippen molar-refractivity contribution in [3.63, 3.8) is 0 Å². The molecule has 2 aromatic rings. The molecule has 1 aliphatic rings. The summed E-state index contributed by atoms with van der Waals surface area (Å²) in [5.41, 5.74) is 2.67. The highest BCUT2D eigenvalue weighted by Gasteiger charge is 2.29. The Balaban J connectivity index is 1.83. The topological polar surface area (TPSA) is 38.1 Å². The zero-order valence-electron chi connectivity index (χ0n) is 12.6. The molecule has 3 rings (SSSR count). The molecule has 21 heavy (non-hydrogen) atoms. The molecule has 1 aliphatic carbocycles. The first kappa shape index (κ1) is 13.9.